The van der Waals surface area contributed by atoms with E-state index in [1.807, 2.05) is 6.07 Å². The Morgan fingerprint density at radius 2 is 1.93 bits per heavy atom. The molecule has 2 aromatic carbocycles. The highest BCUT2D eigenvalue weighted by molar-refractivity contribution is 7.07. The molecule has 0 spiro atoms. The van der Waals surface area contributed by atoms with Gasteiger partial charge in [-0.2, -0.15) is 0 Å². The molecule has 10 nitrogen and oxygen atoms in total. The van der Waals surface area contributed by atoms with Crippen molar-refractivity contribution in [1.29, 1.82) is 0 Å². The number of rotatable bonds is 6. The van der Waals surface area contributed by atoms with Gasteiger partial charge in [0.1, 0.15) is 11.5 Å². The Kier molecular flexibility index (Phi) is 6.80. The summed E-state index contributed by atoms with van der Waals surface area (Å²) in [6, 6.07) is 14.9. The maximum Gasteiger partial charge on any atom is 0.338 e. The molecule has 2 aliphatic heterocycles. The van der Waals surface area contributed by atoms with Gasteiger partial charge in [0.2, 0.25) is 6.79 Å². The molecule has 0 saturated heterocycles. The van der Waals surface area contributed by atoms with Crippen LogP contribution in [0.4, 0.5) is 0 Å². The van der Waals surface area contributed by atoms with Crippen molar-refractivity contribution in [2.75, 3.05) is 20.5 Å². The SMILES string of the molecule is CCOC(=O)C1=C(C)N=c2s/c(=C/c3ccc(-c4cccc(C(=O)OC)c4)o3)c(=O)n2[C@H]1c1ccc2c(c1)OCO2. The first-order valence-corrected chi connectivity index (χ1v) is 13.6. The molecule has 4 aromatic rings. The van der Waals surface area contributed by atoms with Gasteiger partial charge in [-0.05, 0) is 55.8 Å². The van der Waals surface area contributed by atoms with E-state index in [-0.39, 0.29) is 24.5 Å². The second-order valence-corrected chi connectivity index (χ2v) is 10.2. The van der Waals surface area contributed by atoms with Crippen LogP contribution in [-0.4, -0.2) is 37.0 Å². The molecule has 2 aromatic heterocycles. The quantitative estimate of drug-likeness (QED) is 0.322. The summed E-state index contributed by atoms with van der Waals surface area (Å²) in [7, 11) is 1.32. The number of thiazole rings is 1. The van der Waals surface area contributed by atoms with E-state index in [2.05, 4.69) is 4.99 Å². The fourth-order valence-electron chi connectivity index (χ4n) is 4.82. The normalized spacial score (nSPS) is 15.9. The maximum absolute atomic E-state index is 13.9. The van der Waals surface area contributed by atoms with E-state index in [1.54, 1.807) is 68.5 Å². The summed E-state index contributed by atoms with van der Waals surface area (Å²) in [5.41, 5.74) is 2.14. The summed E-state index contributed by atoms with van der Waals surface area (Å²) in [6.07, 6.45) is 1.64. The Labute approximate surface area is 237 Å². The number of methoxy groups -OCH3 is 1. The minimum Gasteiger partial charge on any atom is -0.465 e. The molecule has 0 fully saturated rings. The summed E-state index contributed by atoms with van der Waals surface area (Å²) in [5, 5.41) is 0. The zero-order valence-electron chi connectivity index (χ0n) is 22.3. The van der Waals surface area contributed by atoms with Crippen LogP contribution >= 0.6 is 11.3 Å². The second-order valence-electron chi connectivity index (χ2n) is 9.19. The van der Waals surface area contributed by atoms with E-state index >= 15 is 0 Å². The van der Waals surface area contributed by atoms with Gasteiger partial charge in [-0.25, -0.2) is 14.6 Å². The number of hydrogen-bond donors (Lipinski definition) is 0. The maximum atomic E-state index is 13.9. The molecule has 2 aliphatic rings. The van der Waals surface area contributed by atoms with Crippen LogP contribution in [0.5, 0.6) is 11.5 Å². The number of fused-ring (bicyclic) bond motifs is 2. The highest BCUT2D eigenvalue weighted by atomic mass is 32.1. The van der Waals surface area contributed by atoms with Crippen LogP contribution < -0.4 is 24.4 Å². The number of carbonyl (C=O) groups excluding carboxylic acids is 2. The van der Waals surface area contributed by atoms with Crippen molar-refractivity contribution in [3.05, 3.63) is 102 Å². The molecule has 0 radical (unpaired) electrons. The lowest BCUT2D eigenvalue weighted by molar-refractivity contribution is -0.139. The lowest BCUT2D eigenvalue weighted by Crippen LogP contribution is -2.39. The summed E-state index contributed by atoms with van der Waals surface area (Å²) < 4.78 is 29.0. The second kappa shape index (κ2) is 10.6. The molecule has 1 atom stereocenters. The molecule has 4 heterocycles. The lowest BCUT2D eigenvalue weighted by atomic mass is 9.95. The van der Waals surface area contributed by atoms with Gasteiger partial charge >= 0.3 is 11.9 Å². The topological polar surface area (TPSA) is 119 Å². The third kappa shape index (κ3) is 4.74. The van der Waals surface area contributed by atoms with Gasteiger partial charge in [-0.15, -0.1) is 0 Å². The van der Waals surface area contributed by atoms with Gasteiger partial charge < -0.3 is 23.4 Å². The molecular weight excluding hydrogens is 548 g/mol. The molecule has 0 aliphatic carbocycles. The summed E-state index contributed by atoms with van der Waals surface area (Å²) in [4.78, 5) is 43.9. The number of aromatic nitrogens is 1. The zero-order valence-corrected chi connectivity index (χ0v) is 23.2. The summed E-state index contributed by atoms with van der Waals surface area (Å²) >= 11 is 1.19. The van der Waals surface area contributed by atoms with Crippen LogP contribution in [-0.2, 0) is 14.3 Å². The molecule has 11 heteroatoms. The van der Waals surface area contributed by atoms with E-state index in [9.17, 15) is 14.4 Å². The smallest absolute Gasteiger partial charge is 0.338 e. The van der Waals surface area contributed by atoms with Gasteiger partial charge in [0.05, 0.1) is 41.1 Å². The van der Waals surface area contributed by atoms with E-state index in [0.29, 0.717) is 54.7 Å². The van der Waals surface area contributed by atoms with Gasteiger partial charge in [0.15, 0.2) is 16.3 Å². The Balaban J connectivity index is 1.44. The standard InChI is InChI=1S/C30H24N2O8S/c1-4-37-29(35)25-16(2)31-30-32(26(25)18-8-10-22-23(13-18)39-15-38-22)27(33)24(41-30)14-20-9-11-21(40-20)17-6-5-7-19(12-17)28(34)36-3/h5-14,26H,4,15H2,1-3H3/b24-14+/t26-/m0/s1. The number of carbonyl (C=O) groups is 2. The van der Waals surface area contributed by atoms with Crippen LogP contribution in [0.3, 0.4) is 0 Å². The Morgan fingerprint density at radius 1 is 1.10 bits per heavy atom. The lowest BCUT2D eigenvalue weighted by Gasteiger charge is -2.24. The minimum atomic E-state index is -0.782. The fraction of sp³-hybridized carbons (Fsp3) is 0.200. The molecule has 6 rings (SSSR count). The number of nitrogens with zero attached hydrogens (tertiary/aromatic N) is 2. The van der Waals surface area contributed by atoms with Crippen molar-refractivity contribution in [2.45, 2.75) is 19.9 Å². The Bertz CT molecular complexity index is 1910. The molecule has 0 N–H and O–H groups in total. The zero-order chi connectivity index (χ0) is 28.7. The summed E-state index contributed by atoms with van der Waals surface area (Å²) in [5.74, 6) is 1.08. The van der Waals surface area contributed by atoms with Gasteiger partial charge in [-0.1, -0.05) is 29.5 Å². The van der Waals surface area contributed by atoms with Crippen molar-refractivity contribution in [2.24, 2.45) is 4.99 Å². The number of esters is 2. The highest BCUT2D eigenvalue weighted by Gasteiger charge is 2.34. The van der Waals surface area contributed by atoms with Crippen molar-refractivity contribution in [3.63, 3.8) is 0 Å². The van der Waals surface area contributed by atoms with E-state index in [1.165, 1.54) is 23.0 Å². The predicted octanol–water partition coefficient (Wildman–Crippen LogP) is 3.57. The third-order valence-corrected chi connectivity index (χ3v) is 7.68. The number of hydrogen-bond acceptors (Lipinski definition) is 10. The van der Waals surface area contributed by atoms with E-state index < -0.39 is 18.0 Å². The van der Waals surface area contributed by atoms with Crippen molar-refractivity contribution >= 4 is 29.4 Å². The van der Waals surface area contributed by atoms with Crippen LogP contribution in [0.15, 0.2) is 80.1 Å². The molecular formula is C30H24N2O8S. The van der Waals surface area contributed by atoms with Crippen molar-refractivity contribution in [1.82, 2.24) is 4.57 Å². The van der Waals surface area contributed by atoms with Crippen LogP contribution in [0, 0.1) is 0 Å². The molecule has 0 unspecified atom stereocenters. The van der Waals surface area contributed by atoms with E-state index in [0.717, 1.165) is 0 Å². The Morgan fingerprint density at radius 3 is 2.73 bits per heavy atom. The van der Waals surface area contributed by atoms with Gasteiger partial charge in [0.25, 0.3) is 5.56 Å². The Hall–Kier alpha value is -4.90. The first-order chi connectivity index (χ1) is 19.9. The molecule has 208 valence electrons. The fourth-order valence-corrected chi connectivity index (χ4v) is 5.85. The molecule has 0 saturated carbocycles. The first kappa shape index (κ1) is 26.3. The third-order valence-electron chi connectivity index (χ3n) is 6.70. The van der Waals surface area contributed by atoms with Gasteiger partial charge in [0, 0.05) is 11.6 Å². The van der Waals surface area contributed by atoms with Crippen LogP contribution in [0.2, 0.25) is 0 Å². The average Bonchev–Trinajstić information content (AvgIpc) is 3.71. The van der Waals surface area contributed by atoms with Crippen LogP contribution in [0.1, 0.15) is 41.6 Å². The molecule has 41 heavy (non-hydrogen) atoms. The predicted molar refractivity (Wildman–Crippen MR) is 148 cm³/mol. The number of furan rings is 1. The summed E-state index contributed by atoms with van der Waals surface area (Å²) in [6.45, 7) is 3.73. The number of allylic oxidation sites excluding steroid dienone is 1. The van der Waals surface area contributed by atoms with E-state index in [4.69, 9.17) is 23.4 Å². The number of ether oxygens (including phenoxy) is 4. The molecule has 0 amide bonds. The van der Waals surface area contributed by atoms with Crippen molar-refractivity contribution < 1.29 is 33.0 Å². The highest BCUT2D eigenvalue weighted by Crippen LogP contribution is 2.38. The van der Waals surface area contributed by atoms with Crippen molar-refractivity contribution in [3.8, 4) is 22.8 Å². The van der Waals surface area contributed by atoms with Crippen LogP contribution in [0.25, 0.3) is 17.4 Å². The number of benzene rings is 2. The largest absolute Gasteiger partial charge is 0.465 e. The average molecular weight is 573 g/mol. The molecule has 0 bridgehead atoms. The van der Waals surface area contributed by atoms with Gasteiger partial charge in [-0.3, -0.25) is 9.36 Å². The first-order valence-electron chi connectivity index (χ1n) is 12.8. The monoisotopic (exact) mass is 572 g/mol. The minimum absolute atomic E-state index is 0.0965.